The summed E-state index contributed by atoms with van der Waals surface area (Å²) in [6.45, 7) is 0.407. The van der Waals surface area contributed by atoms with Gasteiger partial charge in [-0.15, -0.1) is 0 Å². The van der Waals surface area contributed by atoms with E-state index >= 15 is 0 Å². The molecule has 1 aliphatic heterocycles. The lowest BCUT2D eigenvalue weighted by Crippen LogP contribution is -2.42. The van der Waals surface area contributed by atoms with Crippen LogP contribution in [0, 0.1) is 0 Å². The predicted octanol–water partition coefficient (Wildman–Crippen LogP) is 3.93. The van der Waals surface area contributed by atoms with Gasteiger partial charge in [0.05, 0.1) is 5.56 Å². The standard InChI is InChI=1S/C19H17F3N2O2/c20-19(21,22)15-8-4-9-16(12-15)24(13-23-11-5-10-17(23)25)18(26)14-6-2-1-3-7-14/h1-4,6-9,12H,5,10-11,13H2. The Kier molecular flexibility index (Phi) is 4.97. The Hall–Kier alpha value is -2.83. The summed E-state index contributed by atoms with van der Waals surface area (Å²) < 4.78 is 39.2. The summed E-state index contributed by atoms with van der Waals surface area (Å²) in [4.78, 5) is 27.5. The van der Waals surface area contributed by atoms with Crippen LogP contribution in [-0.4, -0.2) is 29.9 Å². The Morgan fingerprint density at radius 1 is 1.08 bits per heavy atom. The number of nitrogens with zero attached hydrogens (tertiary/aromatic N) is 2. The van der Waals surface area contributed by atoms with Crippen molar-refractivity contribution >= 4 is 17.5 Å². The van der Waals surface area contributed by atoms with Gasteiger partial charge in [-0.05, 0) is 36.8 Å². The van der Waals surface area contributed by atoms with Crippen LogP contribution in [-0.2, 0) is 11.0 Å². The quantitative estimate of drug-likeness (QED) is 0.827. The van der Waals surface area contributed by atoms with Crippen molar-refractivity contribution in [2.24, 2.45) is 0 Å². The molecule has 7 heteroatoms. The molecule has 2 amide bonds. The van der Waals surface area contributed by atoms with Crippen molar-refractivity contribution in [3.05, 3.63) is 65.7 Å². The Morgan fingerprint density at radius 2 is 1.81 bits per heavy atom. The number of alkyl halides is 3. The van der Waals surface area contributed by atoms with Crippen molar-refractivity contribution < 1.29 is 22.8 Å². The van der Waals surface area contributed by atoms with Gasteiger partial charge in [0.2, 0.25) is 5.91 Å². The third-order valence-corrected chi connectivity index (χ3v) is 4.23. The van der Waals surface area contributed by atoms with Gasteiger partial charge in [-0.3, -0.25) is 14.5 Å². The van der Waals surface area contributed by atoms with Gasteiger partial charge in [0, 0.05) is 24.2 Å². The summed E-state index contributed by atoms with van der Waals surface area (Å²) in [5, 5.41) is 0. The highest BCUT2D eigenvalue weighted by Gasteiger charge is 2.32. The molecule has 1 aliphatic rings. The predicted molar refractivity (Wildman–Crippen MR) is 90.5 cm³/mol. The fourth-order valence-electron chi connectivity index (χ4n) is 2.87. The van der Waals surface area contributed by atoms with E-state index in [0.717, 1.165) is 12.1 Å². The molecule has 0 bridgehead atoms. The van der Waals surface area contributed by atoms with Gasteiger partial charge in [0.1, 0.15) is 6.67 Å². The number of amides is 2. The number of hydrogen-bond acceptors (Lipinski definition) is 2. The maximum Gasteiger partial charge on any atom is 0.416 e. The van der Waals surface area contributed by atoms with Crippen molar-refractivity contribution in [2.75, 3.05) is 18.1 Å². The maximum atomic E-state index is 13.1. The van der Waals surface area contributed by atoms with Crippen LogP contribution in [0.15, 0.2) is 54.6 Å². The molecule has 0 N–H and O–H groups in total. The fraction of sp³-hybridized carbons (Fsp3) is 0.263. The first-order chi connectivity index (χ1) is 12.4. The highest BCUT2D eigenvalue weighted by atomic mass is 19.4. The zero-order valence-corrected chi connectivity index (χ0v) is 13.9. The summed E-state index contributed by atoms with van der Waals surface area (Å²) in [6, 6.07) is 12.9. The molecule has 4 nitrogen and oxygen atoms in total. The van der Waals surface area contributed by atoms with Gasteiger partial charge >= 0.3 is 6.18 Å². The lowest BCUT2D eigenvalue weighted by molar-refractivity contribution is -0.137. The molecule has 0 radical (unpaired) electrons. The highest BCUT2D eigenvalue weighted by Crippen LogP contribution is 2.32. The number of likely N-dealkylation sites (tertiary alicyclic amines) is 1. The topological polar surface area (TPSA) is 40.6 Å². The van der Waals surface area contributed by atoms with Crippen LogP contribution in [0.1, 0.15) is 28.8 Å². The van der Waals surface area contributed by atoms with Gasteiger partial charge in [-0.2, -0.15) is 13.2 Å². The van der Waals surface area contributed by atoms with Crippen molar-refractivity contribution in [1.82, 2.24) is 4.90 Å². The van der Waals surface area contributed by atoms with Crippen LogP contribution < -0.4 is 4.90 Å². The van der Waals surface area contributed by atoms with Crippen LogP contribution in [0.25, 0.3) is 0 Å². The zero-order chi connectivity index (χ0) is 18.7. The Morgan fingerprint density at radius 3 is 2.42 bits per heavy atom. The van der Waals surface area contributed by atoms with Crippen molar-refractivity contribution in [3.63, 3.8) is 0 Å². The molecular weight excluding hydrogens is 345 g/mol. The molecular formula is C19H17F3N2O2. The normalized spacial score (nSPS) is 14.6. The summed E-state index contributed by atoms with van der Waals surface area (Å²) >= 11 is 0. The molecule has 26 heavy (non-hydrogen) atoms. The number of benzene rings is 2. The molecule has 0 saturated carbocycles. The van der Waals surface area contributed by atoms with Crippen LogP contribution in [0.5, 0.6) is 0 Å². The largest absolute Gasteiger partial charge is 0.416 e. The van der Waals surface area contributed by atoms with E-state index < -0.39 is 17.6 Å². The minimum Gasteiger partial charge on any atom is -0.324 e. The van der Waals surface area contributed by atoms with E-state index in [-0.39, 0.29) is 18.3 Å². The SMILES string of the molecule is O=C1CCCN1CN(C(=O)c1ccccc1)c1cccc(C(F)(F)F)c1. The number of hydrogen-bond donors (Lipinski definition) is 0. The minimum atomic E-state index is -4.51. The smallest absolute Gasteiger partial charge is 0.324 e. The summed E-state index contributed by atoms with van der Waals surface area (Å²) in [5.41, 5.74) is -0.390. The third kappa shape index (κ3) is 3.87. The molecule has 0 unspecified atom stereocenters. The average molecular weight is 362 g/mol. The Labute approximate surface area is 148 Å². The monoisotopic (exact) mass is 362 g/mol. The number of carbonyl (C=O) groups is 2. The van der Waals surface area contributed by atoms with Crippen LogP contribution in [0.2, 0.25) is 0 Å². The lowest BCUT2D eigenvalue weighted by Gasteiger charge is -2.28. The molecule has 0 aliphatic carbocycles. The van der Waals surface area contributed by atoms with Gasteiger partial charge in [0.25, 0.3) is 5.91 Å². The van der Waals surface area contributed by atoms with E-state index in [2.05, 4.69) is 0 Å². The van der Waals surface area contributed by atoms with Gasteiger partial charge < -0.3 is 4.90 Å². The summed E-state index contributed by atoms with van der Waals surface area (Å²) in [7, 11) is 0. The Bertz CT molecular complexity index is 806. The molecule has 1 saturated heterocycles. The number of rotatable bonds is 4. The third-order valence-electron chi connectivity index (χ3n) is 4.23. The van der Waals surface area contributed by atoms with Crippen LogP contribution in [0.4, 0.5) is 18.9 Å². The van der Waals surface area contributed by atoms with E-state index in [0.29, 0.717) is 24.9 Å². The first-order valence-electron chi connectivity index (χ1n) is 8.18. The second-order valence-electron chi connectivity index (χ2n) is 6.05. The van der Waals surface area contributed by atoms with E-state index in [1.54, 1.807) is 30.3 Å². The summed E-state index contributed by atoms with van der Waals surface area (Å²) in [6.07, 6.45) is -3.45. The molecule has 0 aromatic heterocycles. The van der Waals surface area contributed by atoms with Crippen molar-refractivity contribution in [1.29, 1.82) is 0 Å². The van der Waals surface area contributed by atoms with E-state index in [9.17, 15) is 22.8 Å². The molecule has 136 valence electrons. The first-order valence-corrected chi connectivity index (χ1v) is 8.18. The van der Waals surface area contributed by atoms with Crippen molar-refractivity contribution in [3.8, 4) is 0 Å². The van der Waals surface area contributed by atoms with Crippen LogP contribution in [0.3, 0.4) is 0 Å². The average Bonchev–Trinajstić information content (AvgIpc) is 3.04. The lowest BCUT2D eigenvalue weighted by atomic mass is 10.1. The van der Waals surface area contributed by atoms with Gasteiger partial charge in [-0.1, -0.05) is 24.3 Å². The van der Waals surface area contributed by atoms with E-state index in [1.165, 1.54) is 21.9 Å². The maximum absolute atomic E-state index is 13.1. The van der Waals surface area contributed by atoms with Gasteiger partial charge in [0.15, 0.2) is 0 Å². The fourth-order valence-corrected chi connectivity index (χ4v) is 2.87. The molecule has 1 fully saturated rings. The highest BCUT2D eigenvalue weighted by molar-refractivity contribution is 6.06. The molecule has 2 aromatic rings. The van der Waals surface area contributed by atoms with Crippen molar-refractivity contribution in [2.45, 2.75) is 19.0 Å². The Balaban J connectivity index is 1.97. The zero-order valence-electron chi connectivity index (χ0n) is 13.9. The van der Waals surface area contributed by atoms with E-state index in [4.69, 9.17) is 0 Å². The second kappa shape index (κ2) is 7.19. The molecule has 3 rings (SSSR count). The molecule has 2 aromatic carbocycles. The molecule has 1 heterocycles. The number of halogens is 3. The minimum absolute atomic E-state index is 0.0755. The molecule has 0 atom stereocenters. The van der Waals surface area contributed by atoms with Gasteiger partial charge in [-0.25, -0.2) is 0 Å². The van der Waals surface area contributed by atoms with E-state index in [1.807, 2.05) is 0 Å². The molecule has 0 spiro atoms. The number of anilines is 1. The van der Waals surface area contributed by atoms with Crippen LogP contribution >= 0.6 is 0 Å². The first kappa shape index (κ1) is 18.0. The summed E-state index contributed by atoms with van der Waals surface area (Å²) in [5.74, 6) is -0.563. The number of carbonyl (C=O) groups excluding carboxylic acids is 2. The second-order valence-corrected chi connectivity index (χ2v) is 6.05.